The van der Waals surface area contributed by atoms with Crippen LogP contribution >= 0.6 is 0 Å². The molecule has 1 fully saturated rings. The molecule has 0 saturated carbocycles. The first-order valence-electron chi connectivity index (χ1n) is 10.0. The Bertz CT molecular complexity index is 1020. The summed E-state index contributed by atoms with van der Waals surface area (Å²) in [6.07, 6.45) is 3.42. The zero-order valence-electron chi connectivity index (χ0n) is 18.7. The van der Waals surface area contributed by atoms with Gasteiger partial charge in [0.25, 0.3) is 16.7 Å². The Morgan fingerprint density at radius 3 is 2.31 bits per heavy atom. The van der Waals surface area contributed by atoms with Crippen molar-refractivity contribution in [3.63, 3.8) is 0 Å². The minimum atomic E-state index is -3.69. The summed E-state index contributed by atoms with van der Waals surface area (Å²) in [6.45, 7) is 5.86. The summed E-state index contributed by atoms with van der Waals surface area (Å²) in [4.78, 5) is 19.5. The lowest BCUT2D eigenvalue weighted by molar-refractivity contribution is -0.122. The van der Waals surface area contributed by atoms with Gasteiger partial charge in [-0.1, -0.05) is 13.8 Å². The highest BCUT2D eigenvalue weighted by Gasteiger charge is 2.33. The van der Waals surface area contributed by atoms with Gasteiger partial charge in [0, 0.05) is 31.1 Å². The second kappa shape index (κ2) is 10.7. The van der Waals surface area contributed by atoms with Crippen LogP contribution in [0.1, 0.15) is 26.7 Å². The number of nitrogens with two attached hydrogens (primary N) is 1. The van der Waals surface area contributed by atoms with E-state index < -0.39 is 10.2 Å². The molecule has 3 rings (SSSR count). The van der Waals surface area contributed by atoms with Crippen molar-refractivity contribution in [3.05, 3.63) is 18.5 Å². The highest BCUT2D eigenvalue weighted by molar-refractivity contribution is 7.87. The Hall–Kier alpha value is -2.70. The molecule has 0 aliphatic carbocycles. The molecule has 2 aromatic rings. The van der Waals surface area contributed by atoms with Crippen LogP contribution in [0.3, 0.4) is 0 Å². The number of carboxylic acid groups (broad SMARTS) is 1. The topological polar surface area (TPSA) is 157 Å². The van der Waals surface area contributed by atoms with Crippen LogP contribution < -0.4 is 24.2 Å². The molecule has 11 nitrogen and oxygen atoms in total. The number of anilines is 1. The molecule has 0 spiro atoms. The van der Waals surface area contributed by atoms with E-state index in [-0.39, 0.29) is 11.9 Å². The number of fused-ring (bicyclic) bond motifs is 1. The van der Waals surface area contributed by atoms with E-state index in [0.717, 1.165) is 42.7 Å². The van der Waals surface area contributed by atoms with Gasteiger partial charge in [-0.2, -0.15) is 8.42 Å². The van der Waals surface area contributed by atoms with E-state index >= 15 is 0 Å². The summed E-state index contributed by atoms with van der Waals surface area (Å²) in [6, 6.07) is 3.77. The number of nitrogens with zero attached hydrogens (tertiary/aromatic N) is 3. The number of carbonyl (C=O) groups is 1. The van der Waals surface area contributed by atoms with E-state index in [1.54, 1.807) is 20.5 Å². The average molecular weight is 470 g/mol. The van der Waals surface area contributed by atoms with Crippen LogP contribution in [0.5, 0.6) is 11.5 Å². The summed E-state index contributed by atoms with van der Waals surface area (Å²) in [5.74, 6) is 2.51. The standard InChI is InChI=1S/C19H29N5O4S.CH2O2/c1-19(2,11-23-29(20,25)26)13-5-7-24(8-6-13)18-14-9-16(27-3)17(28-4)10-15(14)21-12-22-18;2-1-3/h9-10,12-13,23H,5-8,11H2,1-4H3,(H2,20,25,26);1H,(H,2,3). The highest BCUT2D eigenvalue weighted by atomic mass is 32.2. The Kier molecular flexibility index (Phi) is 8.58. The largest absolute Gasteiger partial charge is 0.493 e. The van der Waals surface area contributed by atoms with E-state index in [0.29, 0.717) is 24.0 Å². The number of hydrogen-bond acceptors (Lipinski definition) is 8. The highest BCUT2D eigenvalue weighted by Crippen LogP contribution is 2.38. The molecule has 0 unspecified atom stereocenters. The van der Waals surface area contributed by atoms with E-state index in [2.05, 4.69) is 33.4 Å². The first kappa shape index (κ1) is 25.6. The Balaban J connectivity index is 0.00000114. The fraction of sp³-hybridized carbons (Fsp3) is 0.550. The number of aromatic nitrogens is 2. The first-order chi connectivity index (χ1) is 15.1. The molecule has 12 heteroatoms. The molecule has 0 amide bonds. The van der Waals surface area contributed by atoms with Crippen molar-refractivity contribution >= 4 is 33.4 Å². The molecular weight excluding hydrogens is 438 g/mol. The first-order valence-corrected chi connectivity index (χ1v) is 11.6. The lowest BCUT2D eigenvalue weighted by Crippen LogP contribution is -2.45. The number of hydrogen-bond donors (Lipinski definition) is 3. The number of benzene rings is 1. The van der Waals surface area contributed by atoms with E-state index in [4.69, 9.17) is 24.5 Å². The van der Waals surface area contributed by atoms with Crippen molar-refractivity contribution in [1.29, 1.82) is 0 Å². The fourth-order valence-electron chi connectivity index (χ4n) is 3.93. The molecule has 1 aromatic carbocycles. The molecule has 1 saturated heterocycles. The van der Waals surface area contributed by atoms with Crippen LogP contribution in [0.2, 0.25) is 0 Å². The lowest BCUT2D eigenvalue weighted by atomic mass is 9.74. The Morgan fingerprint density at radius 2 is 1.78 bits per heavy atom. The Morgan fingerprint density at radius 1 is 1.22 bits per heavy atom. The predicted molar refractivity (Wildman–Crippen MR) is 121 cm³/mol. The minimum Gasteiger partial charge on any atom is -0.493 e. The van der Waals surface area contributed by atoms with Crippen molar-refractivity contribution in [3.8, 4) is 11.5 Å². The molecular formula is C20H31N5O6S. The average Bonchev–Trinajstić information content (AvgIpc) is 2.76. The zero-order valence-corrected chi connectivity index (χ0v) is 19.6. The molecule has 2 heterocycles. The summed E-state index contributed by atoms with van der Waals surface area (Å²) in [5, 5.41) is 12.9. The van der Waals surface area contributed by atoms with Gasteiger partial charge < -0.3 is 19.5 Å². The van der Waals surface area contributed by atoms with Crippen LogP contribution in [0, 0.1) is 11.3 Å². The van der Waals surface area contributed by atoms with Gasteiger partial charge in [-0.05, 0) is 30.2 Å². The summed E-state index contributed by atoms with van der Waals surface area (Å²) in [7, 11) is -0.478. The molecule has 4 N–H and O–H groups in total. The molecule has 1 aromatic heterocycles. The van der Waals surface area contributed by atoms with Crippen LogP contribution in [0.25, 0.3) is 10.9 Å². The van der Waals surface area contributed by atoms with Crippen LogP contribution in [-0.4, -0.2) is 63.8 Å². The maximum absolute atomic E-state index is 11.2. The third-order valence-electron chi connectivity index (χ3n) is 5.75. The van der Waals surface area contributed by atoms with E-state index in [1.807, 2.05) is 12.1 Å². The summed E-state index contributed by atoms with van der Waals surface area (Å²) >= 11 is 0. The van der Waals surface area contributed by atoms with Gasteiger partial charge >= 0.3 is 0 Å². The third kappa shape index (κ3) is 6.40. The smallest absolute Gasteiger partial charge is 0.290 e. The minimum absolute atomic E-state index is 0.192. The number of rotatable bonds is 7. The third-order valence-corrected chi connectivity index (χ3v) is 6.29. The molecule has 178 valence electrons. The second-order valence-electron chi connectivity index (χ2n) is 8.14. The van der Waals surface area contributed by atoms with Crippen LogP contribution in [0.4, 0.5) is 5.82 Å². The predicted octanol–water partition coefficient (Wildman–Crippen LogP) is 1.38. The summed E-state index contributed by atoms with van der Waals surface area (Å²) < 4.78 is 35.7. The van der Waals surface area contributed by atoms with Gasteiger partial charge in [-0.25, -0.2) is 19.8 Å². The fourth-order valence-corrected chi connectivity index (χ4v) is 4.50. The maximum Gasteiger partial charge on any atom is 0.290 e. The van der Waals surface area contributed by atoms with Crippen molar-refractivity contribution in [2.45, 2.75) is 26.7 Å². The number of methoxy groups -OCH3 is 2. The van der Waals surface area contributed by atoms with Gasteiger partial charge in [-0.15, -0.1) is 0 Å². The van der Waals surface area contributed by atoms with Crippen LogP contribution in [0.15, 0.2) is 18.5 Å². The molecule has 1 aliphatic rings. The maximum atomic E-state index is 11.2. The second-order valence-corrected chi connectivity index (χ2v) is 9.52. The number of ether oxygens (including phenoxy) is 2. The zero-order chi connectivity index (χ0) is 23.9. The molecule has 1 aliphatic heterocycles. The van der Waals surface area contributed by atoms with E-state index in [9.17, 15) is 8.42 Å². The number of piperidine rings is 1. The van der Waals surface area contributed by atoms with Crippen molar-refractivity contribution in [1.82, 2.24) is 14.7 Å². The Labute approximate surface area is 188 Å². The van der Waals surface area contributed by atoms with Crippen molar-refractivity contribution < 1.29 is 27.8 Å². The van der Waals surface area contributed by atoms with Gasteiger partial charge in [0.15, 0.2) is 11.5 Å². The van der Waals surface area contributed by atoms with Gasteiger partial charge in [0.05, 0.1) is 19.7 Å². The van der Waals surface area contributed by atoms with E-state index in [1.165, 1.54) is 0 Å². The van der Waals surface area contributed by atoms with Gasteiger partial charge in [0.2, 0.25) is 0 Å². The molecule has 32 heavy (non-hydrogen) atoms. The van der Waals surface area contributed by atoms with Gasteiger partial charge in [-0.3, -0.25) is 4.79 Å². The molecule has 0 atom stereocenters. The monoisotopic (exact) mass is 469 g/mol. The molecule has 0 bridgehead atoms. The summed E-state index contributed by atoms with van der Waals surface area (Å²) in [5.41, 5.74) is 0.607. The quantitative estimate of drug-likeness (QED) is 0.510. The van der Waals surface area contributed by atoms with Crippen LogP contribution in [-0.2, 0) is 15.0 Å². The van der Waals surface area contributed by atoms with Gasteiger partial charge in [0.1, 0.15) is 12.1 Å². The molecule has 0 radical (unpaired) electrons. The SMILES string of the molecule is COc1cc2ncnc(N3CCC(C(C)(C)CNS(N)(=O)=O)CC3)c2cc1OC.O=CO. The lowest BCUT2D eigenvalue weighted by Gasteiger charge is -2.41. The van der Waals surface area contributed by atoms with Crippen molar-refractivity contribution in [2.24, 2.45) is 16.5 Å². The van der Waals surface area contributed by atoms with Crippen molar-refractivity contribution in [2.75, 3.05) is 38.8 Å². The normalized spacial score (nSPS) is 15.1. The number of nitrogens with one attached hydrogen (secondary N) is 1.